The molecule has 0 aromatic rings. The van der Waals surface area contributed by atoms with Crippen molar-refractivity contribution in [2.45, 2.75) is 63.4 Å². The summed E-state index contributed by atoms with van der Waals surface area (Å²) in [5.41, 5.74) is -0.382. The van der Waals surface area contributed by atoms with Gasteiger partial charge in [-0.15, -0.1) is 12.3 Å². The van der Waals surface area contributed by atoms with Gasteiger partial charge < -0.3 is 5.11 Å². The molecular weight excluding hydrogens is 160 g/mol. The monoisotopic (exact) mass is 180 g/mol. The van der Waals surface area contributed by atoms with E-state index in [1.807, 2.05) is 0 Å². The molecule has 0 atom stereocenters. The molecule has 0 aromatic carbocycles. The van der Waals surface area contributed by atoms with Gasteiger partial charge in [-0.1, -0.05) is 25.7 Å². The highest BCUT2D eigenvalue weighted by molar-refractivity contribution is 4.86. The van der Waals surface area contributed by atoms with Crippen molar-refractivity contribution in [3.8, 4) is 12.3 Å². The van der Waals surface area contributed by atoms with E-state index in [9.17, 15) is 5.11 Å². The zero-order valence-corrected chi connectivity index (χ0v) is 8.39. The average molecular weight is 180 g/mol. The van der Waals surface area contributed by atoms with Gasteiger partial charge in [0.15, 0.2) is 0 Å². The van der Waals surface area contributed by atoms with Gasteiger partial charge in [-0.3, -0.25) is 0 Å². The fraction of sp³-hybridized carbons (Fsp3) is 0.833. The molecule has 1 fully saturated rings. The quantitative estimate of drug-likeness (QED) is 0.402. The number of hydrogen-bond acceptors (Lipinski definition) is 1. The lowest BCUT2D eigenvalue weighted by molar-refractivity contribution is 0.0150. The van der Waals surface area contributed by atoms with Crippen molar-refractivity contribution in [2.24, 2.45) is 0 Å². The van der Waals surface area contributed by atoms with Crippen LogP contribution in [0.3, 0.4) is 0 Å². The van der Waals surface area contributed by atoms with Crippen LogP contribution in [-0.4, -0.2) is 10.7 Å². The van der Waals surface area contributed by atoms with Gasteiger partial charge in [-0.2, -0.15) is 0 Å². The summed E-state index contributed by atoms with van der Waals surface area (Å²) in [5, 5.41) is 10.2. The van der Waals surface area contributed by atoms with Gasteiger partial charge in [0.2, 0.25) is 0 Å². The van der Waals surface area contributed by atoms with Gasteiger partial charge in [-0.05, 0) is 25.7 Å². The van der Waals surface area contributed by atoms with Crippen LogP contribution < -0.4 is 0 Å². The summed E-state index contributed by atoms with van der Waals surface area (Å²) >= 11 is 0. The van der Waals surface area contributed by atoms with Gasteiger partial charge in [0.25, 0.3) is 0 Å². The number of unbranched alkanes of at least 4 members (excludes halogenated alkanes) is 1. The first kappa shape index (κ1) is 10.6. The second-order valence-corrected chi connectivity index (χ2v) is 4.20. The standard InChI is InChI=1S/C12H20O/c1-2-3-6-9-12(13)10-7-4-5-8-11-12/h1,13H,3-11H2. The molecule has 1 N–H and O–H groups in total. The van der Waals surface area contributed by atoms with Crippen LogP contribution in [0.1, 0.15) is 57.8 Å². The van der Waals surface area contributed by atoms with Crippen molar-refractivity contribution in [2.75, 3.05) is 0 Å². The summed E-state index contributed by atoms with van der Waals surface area (Å²) in [6.07, 6.45) is 14.8. The maximum Gasteiger partial charge on any atom is 0.0648 e. The van der Waals surface area contributed by atoms with E-state index < -0.39 is 0 Å². The van der Waals surface area contributed by atoms with Crippen molar-refractivity contribution >= 4 is 0 Å². The summed E-state index contributed by atoms with van der Waals surface area (Å²) < 4.78 is 0. The highest BCUT2D eigenvalue weighted by Crippen LogP contribution is 2.30. The molecule has 0 saturated heterocycles. The van der Waals surface area contributed by atoms with Crippen LogP contribution in [-0.2, 0) is 0 Å². The van der Waals surface area contributed by atoms with E-state index in [1.165, 1.54) is 25.7 Å². The molecule has 1 rings (SSSR count). The van der Waals surface area contributed by atoms with E-state index in [-0.39, 0.29) is 5.60 Å². The van der Waals surface area contributed by atoms with E-state index in [0.29, 0.717) is 0 Å². The molecule has 1 aliphatic carbocycles. The third-order valence-electron chi connectivity index (χ3n) is 3.00. The van der Waals surface area contributed by atoms with Crippen LogP contribution in [0.4, 0.5) is 0 Å². The maximum atomic E-state index is 10.2. The Balaban J connectivity index is 2.30. The Bertz CT molecular complexity index is 170. The zero-order chi connectivity index (χ0) is 9.57. The van der Waals surface area contributed by atoms with Crippen LogP contribution in [0.5, 0.6) is 0 Å². The van der Waals surface area contributed by atoms with E-state index in [1.54, 1.807) is 0 Å². The molecule has 1 nitrogen and oxygen atoms in total. The largest absolute Gasteiger partial charge is 0.390 e. The Morgan fingerprint density at radius 2 is 1.77 bits per heavy atom. The summed E-state index contributed by atoms with van der Waals surface area (Å²) in [4.78, 5) is 0. The highest BCUT2D eigenvalue weighted by atomic mass is 16.3. The summed E-state index contributed by atoms with van der Waals surface area (Å²) in [7, 11) is 0. The third-order valence-corrected chi connectivity index (χ3v) is 3.00. The Labute approximate surface area is 81.5 Å². The van der Waals surface area contributed by atoms with Crippen molar-refractivity contribution in [1.29, 1.82) is 0 Å². The molecule has 74 valence electrons. The topological polar surface area (TPSA) is 20.2 Å². The predicted molar refractivity (Wildman–Crippen MR) is 55.3 cm³/mol. The molecule has 0 unspecified atom stereocenters. The fourth-order valence-electron chi connectivity index (χ4n) is 2.16. The average Bonchev–Trinajstić information content (AvgIpc) is 2.31. The summed E-state index contributed by atoms with van der Waals surface area (Å²) in [5.74, 6) is 2.63. The first-order valence-corrected chi connectivity index (χ1v) is 5.43. The molecule has 0 radical (unpaired) electrons. The first-order chi connectivity index (χ1) is 6.27. The van der Waals surface area contributed by atoms with E-state index >= 15 is 0 Å². The van der Waals surface area contributed by atoms with Gasteiger partial charge in [0, 0.05) is 6.42 Å². The smallest absolute Gasteiger partial charge is 0.0648 e. The van der Waals surface area contributed by atoms with Crippen molar-refractivity contribution < 1.29 is 5.11 Å². The third kappa shape index (κ3) is 3.83. The van der Waals surface area contributed by atoms with Crippen molar-refractivity contribution in [1.82, 2.24) is 0 Å². The minimum absolute atomic E-state index is 0.382. The molecule has 1 saturated carbocycles. The number of rotatable bonds is 3. The van der Waals surface area contributed by atoms with Gasteiger partial charge >= 0.3 is 0 Å². The number of terminal acetylenes is 1. The number of hydrogen-bond donors (Lipinski definition) is 1. The fourth-order valence-corrected chi connectivity index (χ4v) is 2.16. The molecule has 0 bridgehead atoms. The molecule has 0 aliphatic heterocycles. The Morgan fingerprint density at radius 1 is 1.15 bits per heavy atom. The van der Waals surface area contributed by atoms with Crippen molar-refractivity contribution in [3.05, 3.63) is 0 Å². The van der Waals surface area contributed by atoms with Gasteiger partial charge in [-0.25, -0.2) is 0 Å². The lowest BCUT2D eigenvalue weighted by atomic mass is 9.89. The van der Waals surface area contributed by atoms with Crippen LogP contribution in [0, 0.1) is 12.3 Å². The van der Waals surface area contributed by atoms with Crippen LogP contribution in [0.25, 0.3) is 0 Å². The van der Waals surface area contributed by atoms with E-state index in [4.69, 9.17) is 6.42 Å². The minimum Gasteiger partial charge on any atom is -0.390 e. The Kier molecular flexibility index (Phi) is 4.32. The summed E-state index contributed by atoms with van der Waals surface area (Å²) in [6, 6.07) is 0. The highest BCUT2D eigenvalue weighted by Gasteiger charge is 2.26. The van der Waals surface area contributed by atoms with Crippen LogP contribution in [0.15, 0.2) is 0 Å². The molecule has 13 heavy (non-hydrogen) atoms. The van der Waals surface area contributed by atoms with Gasteiger partial charge in [0.05, 0.1) is 5.60 Å². The Morgan fingerprint density at radius 3 is 2.31 bits per heavy atom. The van der Waals surface area contributed by atoms with Crippen LogP contribution in [0.2, 0.25) is 0 Å². The lowest BCUT2D eigenvalue weighted by Crippen LogP contribution is -2.27. The molecule has 0 spiro atoms. The molecule has 1 aliphatic rings. The van der Waals surface area contributed by atoms with E-state index in [2.05, 4.69) is 5.92 Å². The second-order valence-electron chi connectivity index (χ2n) is 4.20. The Hall–Kier alpha value is -0.480. The lowest BCUT2D eigenvalue weighted by Gasteiger charge is -2.26. The van der Waals surface area contributed by atoms with Crippen LogP contribution >= 0.6 is 0 Å². The first-order valence-electron chi connectivity index (χ1n) is 5.43. The van der Waals surface area contributed by atoms with E-state index in [0.717, 1.165) is 32.1 Å². The molecule has 0 heterocycles. The minimum atomic E-state index is -0.382. The second kappa shape index (κ2) is 5.29. The maximum absolute atomic E-state index is 10.2. The normalized spacial score (nSPS) is 21.8. The zero-order valence-electron chi connectivity index (χ0n) is 8.39. The number of aliphatic hydroxyl groups is 1. The SMILES string of the molecule is C#CCCCC1(O)CCCCCC1. The predicted octanol–water partition coefficient (Wildman–Crippen LogP) is 2.88. The van der Waals surface area contributed by atoms with Gasteiger partial charge in [0.1, 0.15) is 0 Å². The molecule has 0 amide bonds. The molecule has 1 heteroatoms. The summed E-state index contributed by atoms with van der Waals surface area (Å²) in [6.45, 7) is 0. The molecular formula is C12H20O. The molecule has 0 aromatic heterocycles. The van der Waals surface area contributed by atoms with Crippen molar-refractivity contribution in [3.63, 3.8) is 0 Å².